The maximum atomic E-state index is 14.2. The Morgan fingerprint density at radius 1 is 0.962 bits per heavy atom. The van der Waals surface area contributed by atoms with Crippen LogP contribution < -0.4 is 4.90 Å². The van der Waals surface area contributed by atoms with Crippen molar-refractivity contribution in [2.75, 3.05) is 31.1 Å². The monoisotopic (exact) mass is 357 g/mol. The summed E-state index contributed by atoms with van der Waals surface area (Å²) < 4.78 is 20.6. The van der Waals surface area contributed by atoms with Crippen LogP contribution in [0.2, 0.25) is 0 Å². The zero-order valence-corrected chi connectivity index (χ0v) is 15.4. The lowest BCUT2D eigenvalue weighted by Gasteiger charge is -2.43. The first kappa shape index (κ1) is 17.8. The van der Waals surface area contributed by atoms with Crippen LogP contribution in [0.5, 0.6) is 0 Å². The second kappa shape index (κ2) is 7.94. The standard InChI is InChI=1S/C21H28FN3O/c1-23-16-5-6-21(20(22)15-16)25-13-9-19(10-14-25)26-18-7-11-24(12-8-18)17-3-2-4-17/h5-6,15,17-19H,2-4,7-14H2. The summed E-state index contributed by atoms with van der Waals surface area (Å²) in [7, 11) is 0. The van der Waals surface area contributed by atoms with Gasteiger partial charge in [-0.2, -0.15) is 0 Å². The Labute approximate surface area is 155 Å². The molecule has 140 valence electrons. The van der Waals surface area contributed by atoms with Crippen LogP contribution in [-0.2, 0) is 4.74 Å². The van der Waals surface area contributed by atoms with Gasteiger partial charge in [-0.3, -0.25) is 0 Å². The third kappa shape index (κ3) is 3.87. The molecule has 0 unspecified atom stereocenters. The van der Waals surface area contributed by atoms with E-state index in [0.29, 0.717) is 23.6 Å². The summed E-state index contributed by atoms with van der Waals surface area (Å²) in [6.07, 6.45) is 9.09. The van der Waals surface area contributed by atoms with Gasteiger partial charge < -0.3 is 14.5 Å². The van der Waals surface area contributed by atoms with Gasteiger partial charge in [0.15, 0.2) is 5.69 Å². The van der Waals surface area contributed by atoms with Crippen molar-refractivity contribution >= 4 is 11.4 Å². The minimum atomic E-state index is -0.291. The van der Waals surface area contributed by atoms with Crippen molar-refractivity contribution in [1.82, 2.24) is 4.90 Å². The first-order valence-corrected chi connectivity index (χ1v) is 10.0. The van der Waals surface area contributed by atoms with Crippen LogP contribution in [0.3, 0.4) is 0 Å². The summed E-state index contributed by atoms with van der Waals surface area (Å²) >= 11 is 0. The average Bonchev–Trinajstić information content (AvgIpc) is 2.62. The highest BCUT2D eigenvalue weighted by Crippen LogP contribution is 2.30. The van der Waals surface area contributed by atoms with Crippen molar-refractivity contribution < 1.29 is 9.13 Å². The Morgan fingerprint density at radius 2 is 1.62 bits per heavy atom. The largest absolute Gasteiger partial charge is 0.375 e. The van der Waals surface area contributed by atoms with Gasteiger partial charge in [-0.15, -0.1) is 0 Å². The van der Waals surface area contributed by atoms with Crippen LogP contribution in [-0.4, -0.2) is 49.3 Å². The number of piperidine rings is 2. The lowest BCUT2D eigenvalue weighted by molar-refractivity contribution is -0.0598. The van der Waals surface area contributed by atoms with E-state index in [1.807, 2.05) is 0 Å². The van der Waals surface area contributed by atoms with E-state index in [2.05, 4.69) is 14.6 Å². The third-order valence-electron chi connectivity index (χ3n) is 6.30. The SMILES string of the molecule is [C-]#[N+]c1ccc(N2CCC(OC3CCN(C4CCC4)CC3)CC2)c(F)c1. The molecule has 26 heavy (non-hydrogen) atoms. The van der Waals surface area contributed by atoms with E-state index in [0.717, 1.165) is 44.8 Å². The van der Waals surface area contributed by atoms with Gasteiger partial charge in [-0.25, -0.2) is 9.24 Å². The minimum absolute atomic E-state index is 0.291. The van der Waals surface area contributed by atoms with Crippen molar-refractivity contribution in [1.29, 1.82) is 0 Å². The number of nitrogens with zero attached hydrogens (tertiary/aromatic N) is 3. The molecule has 1 aromatic rings. The summed E-state index contributed by atoms with van der Waals surface area (Å²) in [6, 6.07) is 5.62. The second-order valence-electron chi connectivity index (χ2n) is 7.89. The Bertz CT molecular complexity index is 654. The van der Waals surface area contributed by atoms with Crippen molar-refractivity contribution in [3.63, 3.8) is 0 Å². The topological polar surface area (TPSA) is 20.1 Å². The smallest absolute Gasteiger partial charge is 0.190 e. The summed E-state index contributed by atoms with van der Waals surface area (Å²) in [5.41, 5.74) is 0.974. The molecule has 0 amide bonds. The number of hydrogen-bond donors (Lipinski definition) is 0. The van der Waals surface area contributed by atoms with Gasteiger partial charge in [0.2, 0.25) is 0 Å². The number of rotatable bonds is 4. The molecule has 3 aliphatic rings. The average molecular weight is 357 g/mol. The quantitative estimate of drug-likeness (QED) is 0.746. The molecule has 0 bridgehead atoms. The van der Waals surface area contributed by atoms with Gasteiger partial charge in [-0.05, 0) is 50.7 Å². The van der Waals surface area contributed by atoms with Gasteiger partial charge in [-0.1, -0.05) is 12.5 Å². The van der Waals surface area contributed by atoms with E-state index in [9.17, 15) is 4.39 Å². The molecule has 0 radical (unpaired) electrons. The van der Waals surface area contributed by atoms with E-state index in [1.54, 1.807) is 12.1 Å². The fraction of sp³-hybridized carbons (Fsp3) is 0.667. The molecule has 5 heteroatoms. The first-order chi connectivity index (χ1) is 12.7. The van der Waals surface area contributed by atoms with Gasteiger partial charge in [0, 0.05) is 32.2 Å². The molecule has 1 saturated carbocycles. The van der Waals surface area contributed by atoms with E-state index >= 15 is 0 Å². The molecule has 1 aliphatic carbocycles. The fourth-order valence-corrected chi connectivity index (χ4v) is 4.46. The third-order valence-corrected chi connectivity index (χ3v) is 6.30. The molecule has 0 aromatic heterocycles. The molecule has 4 rings (SSSR count). The summed E-state index contributed by atoms with van der Waals surface area (Å²) in [4.78, 5) is 8.03. The molecule has 0 N–H and O–H groups in total. The molecule has 1 aromatic carbocycles. The van der Waals surface area contributed by atoms with Crippen LogP contribution in [0.1, 0.15) is 44.9 Å². The second-order valence-corrected chi connectivity index (χ2v) is 7.89. The van der Waals surface area contributed by atoms with E-state index < -0.39 is 0 Å². The van der Waals surface area contributed by atoms with Crippen molar-refractivity contribution in [3.8, 4) is 0 Å². The van der Waals surface area contributed by atoms with Crippen molar-refractivity contribution in [2.45, 2.75) is 63.2 Å². The highest BCUT2D eigenvalue weighted by atomic mass is 19.1. The lowest BCUT2D eigenvalue weighted by atomic mass is 9.89. The van der Waals surface area contributed by atoms with Crippen LogP contribution in [0.25, 0.3) is 4.85 Å². The number of ether oxygens (including phenoxy) is 1. The summed E-state index contributed by atoms with van der Waals surface area (Å²) in [5, 5.41) is 0. The maximum Gasteiger partial charge on any atom is 0.190 e. The maximum absolute atomic E-state index is 14.2. The van der Waals surface area contributed by atoms with E-state index in [-0.39, 0.29) is 5.82 Å². The van der Waals surface area contributed by atoms with Crippen LogP contribution in [0.4, 0.5) is 15.8 Å². The van der Waals surface area contributed by atoms with Crippen LogP contribution in [0.15, 0.2) is 18.2 Å². The van der Waals surface area contributed by atoms with E-state index in [4.69, 9.17) is 11.3 Å². The van der Waals surface area contributed by atoms with E-state index in [1.165, 1.54) is 38.4 Å². The predicted octanol–water partition coefficient (Wildman–Crippen LogP) is 4.38. The van der Waals surface area contributed by atoms with Gasteiger partial charge >= 0.3 is 0 Å². The molecular formula is C21H28FN3O. The highest BCUT2D eigenvalue weighted by molar-refractivity contribution is 5.57. The summed E-state index contributed by atoms with van der Waals surface area (Å²) in [6.45, 7) is 11.0. The van der Waals surface area contributed by atoms with Crippen molar-refractivity contribution in [3.05, 3.63) is 35.4 Å². The highest BCUT2D eigenvalue weighted by Gasteiger charge is 2.31. The number of likely N-dealkylation sites (tertiary alicyclic amines) is 1. The van der Waals surface area contributed by atoms with Crippen LogP contribution >= 0.6 is 0 Å². The zero-order chi connectivity index (χ0) is 17.9. The van der Waals surface area contributed by atoms with Gasteiger partial charge in [0.25, 0.3) is 0 Å². The Morgan fingerprint density at radius 3 is 2.15 bits per heavy atom. The molecule has 2 saturated heterocycles. The Balaban J connectivity index is 1.23. The van der Waals surface area contributed by atoms with Gasteiger partial charge in [0.1, 0.15) is 5.82 Å². The van der Waals surface area contributed by atoms with Gasteiger partial charge in [0.05, 0.1) is 24.5 Å². The number of hydrogen-bond acceptors (Lipinski definition) is 3. The molecule has 3 fully saturated rings. The molecule has 0 spiro atoms. The van der Waals surface area contributed by atoms with Crippen LogP contribution in [0, 0.1) is 12.4 Å². The minimum Gasteiger partial charge on any atom is -0.375 e. The molecule has 2 heterocycles. The number of anilines is 1. The summed E-state index contributed by atoms with van der Waals surface area (Å²) in [5.74, 6) is -0.291. The zero-order valence-electron chi connectivity index (χ0n) is 15.4. The lowest BCUT2D eigenvalue weighted by Crippen LogP contribution is -2.47. The molecule has 4 nitrogen and oxygen atoms in total. The molecular weight excluding hydrogens is 329 g/mol. The Hall–Kier alpha value is -1.64. The molecule has 0 atom stereocenters. The number of halogens is 1. The first-order valence-electron chi connectivity index (χ1n) is 10.0. The molecule has 2 aliphatic heterocycles. The fourth-order valence-electron chi connectivity index (χ4n) is 4.46. The Kier molecular flexibility index (Phi) is 5.42. The number of benzene rings is 1. The predicted molar refractivity (Wildman–Crippen MR) is 101 cm³/mol. The van der Waals surface area contributed by atoms with Crippen molar-refractivity contribution in [2.24, 2.45) is 0 Å². The normalized spacial score (nSPS) is 23.6.